The van der Waals surface area contributed by atoms with Crippen LogP contribution >= 0.6 is 23.4 Å². The molecule has 3 heteroatoms. The number of nitrogens with zero attached hydrogens (tertiary/aromatic N) is 1. The van der Waals surface area contributed by atoms with E-state index >= 15 is 0 Å². The number of hydrogen-bond acceptors (Lipinski definition) is 2. The summed E-state index contributed by atoms with van der Waals surface area (Å²) in [6.07, 6.45) is 1.27. The van der Waals surface area contributed by atoms with Crippen molar-refractivity contribution in [3.8, 4) is 0 Å². The lowest BCUT2D eigenvalue weighted by atomic mass is 10.2. The van der Waals surface area contributed by atoms with E-state index in [1.165, 1.54) is 25.3 Å². The van der Waals surface area contributed by atoms with Gasteiger partial charge in [-0.15, -0.1) is 11.6 Å². The fourth-order valence-corrected chi connectivity index (χ4v) is 2.86. The molecule has 0 saturated carbocycles. The number of rotatable bonds is 4. The molecule has 76 valence electrons. The minimum absolute atomic E-state index is 0.598. The van der Waals surface area contributed by atoms with Crippen LogP contribution in [0.4, 0.5) is 0 Å². The van der Waals surface area contributed by atoms with Crippen molar-refractivity contribution in [3.63, 3.8) is 0 Å². The Bertz CT molecular complexity index is 172. The van der Waals surface area contributed by atoms with E-state index in [4.69, 9.17) is 11.6 Å². The summed E-state index contributed by atoms with van der Waals surface area (Å²) in [5, 5.41) is 0.817. The molecule has 1 aliphatic rings. The molecule has 0 spiro atoms. The molecule has 0 amide bonds. The molecule has 0 aromatic carbocycles. The maximum atomic E-state index is 5.71. The Morgan fingerprint density at radius 3 is 3.08 bits per heavy atom. The normalized spacial score (nSPS) is 24.6. The van der Waals surface area contributed by atoms with Crippen molar-refractivity contribution in [2.75, 3.05) is 31.3 Å². The van der Waals surface area contributed by atoms with Crippen LogP contribution in [0.5, 0.6) is 0 Å². The van der Waals surface area contributed by atoms with Gasteiger partial charge >= 0.3 is 0 Å². The molecule has 13 heavy (non-hydrogen) atoms. The van der Waals surface area contributed by atoms with Crippen LogP contribution in [-0.4, -0.2) is 41.4 Å². The molecule has 0 bridgehead atoms. The molecular weight excluding hydrogens is 202 g/mol. The Labute approximate surface area is 90.5 Å². The number of thioether (sulfide) groups is 1. The van der Waals surface area contributed by atoms with E-state index in [0.717, 1.165) is 17.4 Å². The molecule has 1 fully saturated rings. The predicted octanol–water partition coefficient (Wildman–Crippen LogP) is 2.61. The van der Waals surface area contributed by atoms with Crippen LogP contribution in [0.15, 0.2) is 12.2 Å². The Morgan fingerprint density at radius 2 is 2.46 bits per heavy atom. The van der Waals surface area contributed by atoms with Gasteiger partial charge in [0.05, 0.1) is 0 Å². The molecule has 1 atom stereocenters. The topological polar surface area (TPSA) is 3.24 Å². The van der Waals surface area contributed by atoms with E-state index in [1.807, 2.05) is 0 Å². The Hall–Kier alpha value is 0.340. The lowest BCUT2D eigenvalue weighted by Crippen LogP contribution is -2.38. The SMILES string of the molecule is C=C(CCl)CN1CCSC(CC)C1. The quantitative estimate of drug-likeness (QED) is 0.528. The number of hydrogen-bond donors (Lipinski definition) is 0. The zero-order valence-electron chi connectivity index (χ0n) is 8.26. The van der Waals surface area contributed by atoms with Crippen LogP contribution in [0.1, 0.15) is 13.3 Å². The zero-order chi connectivity index (χ0) is 9.68. The van der Waals surface area contributed by atoms with E-state index in [-0.39, 0.29) is 0 Å². The minimum atomic E-state index is 0.598. The summed E-state index contributed by atoms with van der Waals surface area (Å²) in [4.78, 5) is 2.47. The summed E-state index contributed by atoms with van der Waals surface area (Å²) in [5.74, 6) is 1.86. The molecule has 1 aliphatic heterocycles. The second-order valence-corrected chi connectivity index (χ2v) is 5.20. The summed E-state index contributed by atoms with van der Waals surface area (Å²) in [6, 6.07) is 0. The minimum Gasteiger partial charge on any atom is -0.297 e. The third kappa shape index (κ3) is 3.92. The van der Waals surface area contributed by atoms with Gasteiger partial charge in [-0.2, -0.15) is 11.8 Å². The van der Waals surface area contributed by atoms with Crippen LogP contribution in [0, 0.1) is 0 Å². The van der Waals surface area contributed by atoms with Crippen LogP contribution < -0.4 is 0 Å². The largest absolute Gasteiger partial charge is 0.297 e. The molecule has 0 N–H and O–H groups in total. The van der Waals surface area contributed by atoms with Gasteiger partial charge in [-0.25, -0.2) is 0 Å². The van der Waals surface area contributed by atoms with Crippen molar-refractivity contribution in [3.05, 3.63) is 12.2 Å². The van der Waals surface area contributed by atoms with Gasteiger partial charge in [-0.3, -0.25) is 4.90 Å². The molecule has 1 unspecified atom stereocenters. The molecule has 1 saturated heterocycles. The van der Waals surface area contributed by atoms with Crippen molar-refractivity contribution >= 4 is 23.4 Å². The first-order chi connectivity index (χ1) is 6.26. The average Bonchev–Trinajstić information content (AvgIpc) is 2.18. The highest BCUT2D eigenvalue weighted by Gasteiger charge is 2.18. The van der Waals surface area contributed by atoms with Gasteiger partial charge < -0.3 is 0 Å². The number of halogens is 1. The predicted molar refractivity (Wildman–Crippen MR) is 62.8 cm³/mol. The van der Waals surface area contributed by atoms with Crippen molar-refractivity contribution in [1.29, 1.82) is 0 Å². The molecule has 0 aliphatic carbocycles. The van der Waals surface area contributed by atoms with E-state index in [0.29, 0.717) is 5.88 Å². The van der Waals surface area contributed by atoms with Gasteiger partial charge in [0.1, 0.15) is 0 Å². The van der Waals surface area contributed by atoms with Crippen LogP contribution in [0.25, 0.3) is 0 Å². The van der Waals surface area contributed by atoms with Crippen molar-refractivity contribution < 1.29 is 0 Å². The Balaban J connectivity index is 2.29. The summed E-state index contributed by atoms with van der Waals surface area (Å²) < 4.78 is 0. The van der Waals surface area contributed by atoms with Crippen molar-refractivity contribution in [1.82, 2.24) is 4.90 Å². The second-order valence-electron chi connectivity index (χ2n) is 3.52. The van der Waals surface area contributed by atoms with Gasteiger partial charge in [0.25, 0.3) is 0 Å². The first kappa shape index (κ1) is 11.4. The van der Waals surface area contributed by atoms with E-state index in [2.05, 4.69) is 30.2 Å². The van der Waals surface area contributed by atoms with Gasteiger partial charge in [-0.05, 0) is 12.0 Å². The van der Waals surface area contributed by atoms with E-state index < -0.39 is 0 Å². The summed E-state index contributed by atoms with van der Waals surface area (Å²) in [6.45, 7) is 9.58. The lowest BCUT2D eigenvalue weighted by molar-refractivity contribution is 0.305. The van der Waals surface area contributed by atoms with Gasteiger partial charge in [0, 0.05) is 36.5 Å². The fourth-order valence-electron chi connectivity index (χ4n) is 1.53. The first-order valence-electron chi connectivity index (χ1n) is 4.82. The molecule has 0 radical (unpaired) electrons. The first-order valence-corrected chi connectivity index (χ1v) is 6.41. The standard InChI is InChI=1S/C10H18ClNS/c1-3-10-8-12(4-5-13-10)7-9(2)6-11/h10H,2-8H2,1H3. The molecular formula is C10H18ClNS. The molecule has 0 aromatic heterocycles. The summed E-state index contributed by atoms with van der Waals surface area (Å²) in [7, 11) is 0. The lowest BCUT2D eigenvalue weighted by Gasteiger charge is -2.32. The Morgan fingerprint density at radius 1 is 1.69 bits per heavy atom. The van der Waals surface area contributed by atoms with Crippen LogP contribution in [0.2, 0.25) is 0 Å². The third-order valence-corrected chi connectivity index (χ3v) is 4.06. The highest BCUT2D eigenvalue weighted by molar-refractivity contribution is 8.00. The van der Waals surface area contributed by atoms with E-state index in [1.54, 1.807) is 0 Å². The monoisotopic (exact) mass is 219 g/mol. The smallest absolute Gasteiger partial charge is 0.0443 e. The maximum Gasteiger partial charge on any atom is 0.0443 e. The Kier molecular flexibility index (Phi) is 5.22. The zero-order valence-corrected chi connectivity index (χ0v) is 9.83. The van der Waals surface area contributed by atoms with Gasteiger partial charge in [-0.1, -0.05) is 13.5 Å². The number of alkyl halides is 1. The average molecular weight is 220 g/mol. The highest BCUT2D eigenvalue weighted by Crippen LogP contribution is 2.21. The molecule has 1 heterocycles. The van der Waals surface area contributed by atoms with E-state index in [9.17, 15) is 0 Å². The van der Waals surface area contributed by atoms with Crippen LogP contribution in [0.3, 0.4) is 0 Å². The summed E-state index contributed by atoms with van der Waals surface area (Å²) >= 11 is 7.81. The molecule has 1 rings (SSSR count). The molecule has 0 aromatic rings. The second kappa shape index (κ2) is 5.94. The van der Waals surface area contributed by atoms with Crippen molar-refractivity contribution in [2.45, 2.75) is 18.6 Å². The maximum absolute atomic E-state index is 5.71. The third-order valence-electron chi connectivity index (χ3n) is 2.31. The van der Waals surface area contributed by atoms with Gasteiger partial charge in [0.2, 0.25) is 0 Å². The fraction of sp³-hybridized carbons (Fsp3) is 0.800. The van der Waals surface area contributed by atoms with Crippen LogP contribution in [-0.2, 0) is 0 Å². The van der Waals surface area contributed by atoms with Crippen molar-refractivity contribution in [2.24, 2.45) is 0 Å². The highest BCUT2D eigenvalue weighted by atomic mass is 35.5. The van der Waals surface area contributed by atoms with Gasteiger partial charge in [0.15, 0.2) is 0 Å². The summed E-state index contributed by atoms with van der Waals surface area (Å²) in [5.41, 5.74) is 1.14. The molecule has 1 nitrogen and oxygen atoms in total.